The third-order valence-corrected chi connectivity index (χ3v) is 3.19. The number of carbonyl (C=O) groups excluding carboxylic acids is 1. The molecule has 0 aliphatic heterocycles. The third-order valence-electron chi connectivity index (χ3n) is 1.93. The smallest absolute Gasteiger partial charge is 0.302 e. The van der Waals surface area contributed by atoms with Crippen molar-refractivity contribution in [3.63, 3.8) is 0 Å². The maximum absolute atomic E-state index is 13.1. The van der Waals surface area contributed by atoms with Gasteiger partial charge in [0.15, 0.2) is 0 Å². The summed E-state index contributed by atoms with van der Waals surface area (Å²) in [5.41, 5.74) is 0. The van der Waals surface area contributed by atoms with Gasteiger partial charge >= 0.3 is 5.97 Å². The van der Waals surface area contributed by atoms with Gasteiger partial charge in [0.25, 0.3) is 5.16 Å². The minimum atomic E-state index is -1.58. The van der Waals surface area contributed by atoms with Crippen molar-refractivity contribution in [2.75, 3.05) is 12.4 Å². The lowest BCUT2D eigenvalue weighted by atomic mass is 10.2. The molecule has 0 bridgehead atoms. The second-order valence-electron chi connectivity index (χ2n) is 3.42. The highest BCUT2D eigenvalue weighted by Gasteiger charge is 2.13. The lowest BCUT2D eigenvalue weighted by Gasteiger charge is -2.07. The van der Waals surface area contributed by atoms with Gasteiger partial charge in [-0.25, -0.2) is 0 Å². The number of hydrogen-bond acceptors (Lipinski definition) is 3. The molecule has 0 aromatic carbocycles. The number of ether oxygens (including phenoxy) is 1. The molecule has 94 valence electrons. The predicted octanol–water partition coefficient (Wildman–Crippen LogP) is 2.69. The minimum Gasteiger partial charge on any atom is -0.610 e. The fraction of sp³-hybridized carbons (Fsp3) is 0.727. The Morgan fingerprint density at radius 3 is 2.69 bits per heavy atom. The van der Waals surface area contributed by atoms with E-state index >= 15 is 0 Å². The molecule has 16 heavy (non-hydrogen) atoms. The summed E-state index contributed by atoms with van der Waals surface area (Å²) < 4.78 is 29.0. The van der Waals surface area contributed by atoms with Crippen LogP contribution < -0.4 is 0 Å². The zero-order valence-corrected chi connectivity index (χ0v) is 10.6. The van der Waals surface area contributed by atoms with Crippen LogP contribution in [-0.2, 0) is 20.7 Å². The van der Waals surface area contributed by atoms with Gasteiger partial charge in [0, 0.05) is 24.2 Å². The van der Waals surface area contributed by atoms with Crippen molar-refractivity contribution in [1.82, 2.24) is 0 Å². The van der Waals surface area contributed by atoms with Gasteiger partial charge in [0.2, 0.25) is 0 Å². The number of hydrogen-bond donors (Lipinski definition) is 0. The molecule has 0 saturated carbocycles. The summed E-state index contributed by atoms with van der Waals surface area (Å²) in [6.07, 6.45) is 4.96. The van der Waals surface area contributed by atoms with Gasteiger partial charge in [-0.1, -0.05) is 19.8 Å². The molecular formula is C11H19FO3S. The first-order valence-electron chi connectivity index (χ1n) is 5.45. The maximum atomic E-state index is 13.1. The first-order valence-corrected chi connectivity index (χ1v) is 6.77. The average molecular weight is 250 g/mol. The Kier molecular flexibility index (Phi) is 9.33. The van der Waals surface area contributed by atoms with E-state index in [4.69, 9.17) is 0 Å². The summed E-state index contributed by atoms with van der Waals surface area (Å²) >= 11 is -1.58. The van der Waals surface area contributed by atoms with E-state index in [1.807, 2.05) is 0 Å². The molecule has 0 aliphatic carbocycles. The van der Waals surface area contributed by atoms with Crippen LogP contribution in [0.1, 0.15) is 39.5 Å². The molecule has 0 N–H and O–H groups in total. The Balaban J connectivity index is 3.70. The van der Waals surface area contributed by atoms with Gasteiger partial charge in [0.05, 0.1) is 0 Å². The minimum absolute atomic E-state index is 0.151. The molecule has 1 unspecified atom stereocenters. The molecule has 0 spiro atoms. The fourth-order valence-corrected chi connectivity index (χ4v) is 1.99. The molecule has 0 rings (SSSR count). The van der Waals surface area contributed by atoms with E-state index in [-0.39, 0.29) is 6.61 Å². The SMILES string of the molecule is CCCCCC[S+]([O-])/C(F)=C\COC(C)=O. The zero-order valence-electron chi connectivity index (χ0n) is 9.83. The van der Waals surface area contributed by atoms with Gasteiger partial charge in [-0.05, 0) is 12.8 Å². The molecule has 0 aromatic rings. The van der Waals surface area contributed by atoms with E-state index in [0.717, 1.165) is 31.8 Å². The van der Waals surface area contributed by atoms with Gasteiger partial charge in [-0.2, -0.15) is 4.39 Å². The van der Waals surface area contributed by atoms with Crippen LogP contribution in [0.2, 0.25) is 0 Å². The highest BCUT2D eigenvalue weighted by Crippen LogP contribution is 2.12. The summed E-state index contributed by atoms with van der Waals surface area (Å²) in [5.74, 6) is -0.139. The highest BCUT2D eigenvalue weighted by molar-refractivity contribution is 7.95. The topological polar surface area (TPSA) is 49.4 Å². The fourth-order valence-electron chi connectivity index (χ4n) is 1.07. The lowest BCUT2D eigenvalue weighted by molar-refractivity contribution is -0.139. The highest BCUT2D eigenvalue weighted by atomic mass is 32.2. The molecular weight excluding hydrogens is 231 g/mol. The second-order valence-corrected chi connectivity index (χ2v) is 4.91. The Hall–Kier alpha value is -0.550. The molecule has 0 aromatic heterocycles. The van der Waals surface area contributed by atoms with Crippen molar-refractivity contribution in [2.45, 2.75) is 39.5 Å². The maximum Gasteiger partial charge on any atom is 0.302 e. The van der Waals surface area contributed by atoms with Crippen LogP contribution in [0.4, 0.5) is 4.39 Å². The van der Waals surface area contributed by atoms with Gasteiger partial charge < -0.3 is 9.29 Å². The van der Waals surface area contributed by atoms with Crippen molar-refractivity contribution in [1.29, 1.82) is 0 Å². The van der Waals surface area contributed by atoms with E-state index in [0.29, 0.717) is 5.75 Å². The first-order chi connectivity index (χ1) is 7.57. The predicted molar refractivity (Wildman–Crippen MR) is 63.0 cm³/mol. The average Bonchev–Trinajstić information content (AvgIpc) is 2.23. The quantitative estimate of drug-likeness (QED) is 0.378. The normalized spacial score (nSPS) is 13.6. The molecule has 0 saturated heterocycles. The zero-order chi connectivity index (χ0) is 12.4. The van der Waals surface area contributed by atoms with E-state index in [1.54, 1.807) is 0 Å². The number of rotatable bonds is 8. The van der Waals surface area contributed by atoms with Gasteiger partial charge in [-0.3, -0.25) is 4.79 Å². The summed E-state index contributed by atoms with van der Waals surface area (Å²) in [6.45, 7) is 3.17. The summed E-state index contributed by atoms with van der Waals surface area (Å²) in [4.78, 5) is 10.4. The third kappa shape index (κ3) is 8.73. The van der Waals surface area contributed by atoms with Crippen molar-refractivity contribution in [3.05, 3.63) is 11.2 Å². The number of halogens is 1. The van der Waals surface area contributed by atoms with Crippen LogP contribution in [0.15, 0.2) is 11.2 Å². The molecule has 0 fully saturated rings. The van der Waals surface area contributed by atoms with E-state index in [9.17, 15) is 13.7 Å². The van der Waals surface area contributed by atoms with Crippen LogP contribution in [0.3, 0.4) is 0 Å². The number of esters is 1. The summed E-state index contributed by atoms with van der Waals surface area (Å²) in [7, 11) is 0. The van der Waals surface area contributed by atoms with Crippen LogP contribution in [0.25, 0.3) is 0 Å². The monoisotopic (exact) mass is 250 g/mol. The molecule has 5 heteroatoms. The van der Waals surface area contributed by atoms with Gasteiger partial charge in [0.1, 0.15) is 12.4 Å². The number of carbonyl (C=O) groups is 1. The largest absolute Gasteiger partial charge is 0.610 e. The molecule has 0 radical (unpaired) electrons. The van der Waals surface area contributed by atoms with Gasteiger partial charge in [-0.15, -0.1) is 0 Å². The van der Waals surface area contributed by atoms with E-state index < -0.39 is 22.3 Å². The van der Waals surface area contributed by atoms with Crippen LogP contribution in [0, 0.1) is 0 Å². The Labute approximate surface area is 99.2 Å². The van der Waals surface area contributed by atoms with Crippen molar-refractivity contribution >= 4 is 17.1 Å². The van der Waals surface area contributed by atoms with E-state index in [2.05, 4.69) is 11.7 Å². The number of unbranched alkanes of at least 4 members (excludes halogenated alkanes) is 3. The molecule has 0 heterocycles. The Morgan fingerprint density at radius 2 is 2.12 bits per heavy atom. The standard InChI is InChI=1S/C11H19FO3S/c1-3-4-5-6-9-16(14)11(12)7-8-15-10(2)13/h7H,3-6,8-9H2,1-2H3/b11-7-. The first kappa shape index (κ1) is 15.4. The van der Waals surface area contributed by atoms with Crippen molar-refractivity contribution in [3.8, 4) is 0 Å². The molecule has 0 amide bonds. The summed E-state index contributed by atoms with van der Waals surface area (Å²) in [6, 6.07) is 0. The van der Waals surface area contributed by atoms with Crippen LogP contribution in [-0.4, -0.2) is 22.9 Å². The van der Waals surface area contributed by atoms with Crippen molar-refractivity contribution < 1.29 is 18.5 Å². The molecule has 1 atom stereocenters. The Morgan fingerprint density at radius 1 is 1.44 bits per heavy atom. The van der Waals surface area contributed by atoms with E-state index in [1.165, 1.54) is 6.92 Å². The lowest BCUT2D eigenvalue weighted by Crippen LogP contribution is -2.08. The van der Waals surface area contributed by atoms with Crippen molar-refractivity contribution in [2.24, 2.45) is 0 Å². The Bertz CT molecular complexity index is 231. The van der Waals surface area contributed by atoms with Crippen LogP contribution in [0.5, 0.6) is 0 Å². The van der Waals surface area contributed by atoms with Crippen LogP contribution >= 0.6 is 0 Å². The molecule has 3 nitrogen and oxygen atoms in total. The molecule has 0 aliphatic rings. The second kappa shape index (κ2) is 9.66. The summed E-state index contributed by atoms with van der Waals surface area (Å²) in [5, 5.41) is -0.697.